The van der Waals surface area contributed by atoms with Crippen molar-refractivity contribution in [1.82, 2.24) is 5.32 Å². The van der Waals surface area contributed by atoms with Crippen LogP contribution in [-0.2, 0) is 0 Å². The SMILES string of the molecule is CC(C)N(CC1CCNCC1)c1ccc([N+](=O)[O-])c(I)c1. The van der Waals surface area contributed by atoms with Gasteiger partial charge in [0.1, 0.15) is 0 Å². The van der Waals surface area contributed by atoms with Gasteiger partial charge in [-0.15, -0.1) is 0 Å². The van der Waals surface area contributed by atoms with Gasteiger partial charge in [-0.05, 0) is 80.4 Å². The van der Waals surface area contributed by atoms with Crippen LogP contribution in [-0.4, -0.2) is 30.6 Å². The Morgan fingerprint density at radius 2 is 2.10 bits per heavy atom. The van der Waals surface area contributed by atoms with Crippen LogP contribution >= 0.6 is 22.6 Å². The second kappa shape index (κ2) is 7.40. The standard InChI is InChI=1S/C15H22IN3O2/c1-11(2)18(10-12-5-7-17-8-6-12)13-3-4-15(19(20)21)14(16)9-13/h3-4,9,11-12,17H,5-8,10H2,1-2H3. The molecular formula is C15H22IN3O2. The lowest BCUT2D eigenvalue weighted by atomic mass is 9.96. The fourth-order valence-corrected chi connectivity index (χ4v) is 3.48. The van der Waals surface area contributed by atoms with Gasteiger partial charge in [-0.2, -0.15) is 0 Å². The fraction of sp³-hybridized carbons (Fsp3) is 0.600. The number of halogens is 1. The van der Waals surface area contributed by atoms with Crippen LogP contribution in [0.3, 0.4) is 0 Å². The minimum absolute atomic E-state index is 0.185. The first-order valence-corrected chi connectivity index (χ1v) is 8.48. The molecule has 1 fully saturated rings. The predicted molar refractivity (Wildman–Crippen MR) is 93.9 cm³/mol. The quantitative estimate of drug-likeness (QED) is 0.465. The third-order valence-electron chi connectivity index (χ3n) is 4.00. The molecule has 0 radical (unpaired) electrons. The first-order valence-electron chi connectivity index (χ1n) is 7.40. The Morgan fingerprint density at radius 1 is 1.43 bits per heavy atom. The average Bonchev–Trinajstić information content (AvgIpc) is 2.45. The smallest absolute Gasteiger partial charge is 0.282 e. The summed E-state index contributed by atoms with van der Waals surface area (Å²) in [6.45, 7) is 7.56. The molecule has 1 N–H and O–H groups in total. The number of piperidine rings is 1. The van der Waals surface area contributed by atoms with Crippen molar-refractivity contribution >= 4 is 34.0 Å². The van der Waals surface area contributed by atoms with Crippen LogP contribution in [0.4, 0.5) is 11.4 Å². The Hall–Kier alpha value is -0.890. The summed E-state index contributed by atoms with van der Waals surface area (Å²) in [6.07, 6.45) is 2.40. The topological polar surface area (TPSA) is 58.4 Å². The van der Waals surface area contributed by atoms with Crippen molar-refractivity contribution in [3.05, 3.63) is 31.9 Å². The van der Waals surface area contributed by atoms with E-state index in [2.05, 4.69) is 46.7 Å². The molecular weight excluding hydrogens is 381 g/mol. The number of rotatable bonds is 5. The molecule has 0 spiro atoms. The molecule has 116 valence electrons. The Bertz CT molecular complexity index is 502. The normalized spacial score (nSPS) is 16.2. The van der Waals surface area contributed by atoms with E-state index in [1.165, 1.54) is 12.8 Å². The first-order chi connectivity index (χ1) is 9.99. The molecule has 1 heterocycles. The molecule has 1 aromatic rings. The molecule has 0 aliphatic carbocycles. The van der Waals surface area contributed by atoms with E-state index in [1.807, 2.05) is 12.1 Å². The van der Waals surface area contributed by atoms with E-state index in [-0.39, 0.29) is 10.6 Å². The second-order valence-electron chi connectivity index (χ2n) is 5.83. The van der Waals surface area contributed by atoms with Gasteiger partial charge in [0.15, 0.2) is 0 Å². The molecule has 5 nitrogen and oxygen atoms in total. The Kier molecular flexibility index (Phi) is 5.80. The van der Waals surface area contributed by atoms with Crippen LogP contribution in [0.5, 0.6) is 0 Å². The predicted octanol–water partition coefficient (Wildman–Crippen LogP) is 3.41. The lowest BCUT2D eigenvalue weighted by Crippen LogP contribution is -2.39. The van der Waals surface area contributed by atoms with E-state index in [1.54, 1.807) is 6.07 Å². The van der Waals surface area contributed by atoms with Crippen molar-refractivity contribution in [2.75, 3.05) is 24.5 Å². The van der Waals surface area contributed by atoms with Crippen LogP contribution in [0.1, 0.15) is 26.7 Å². The molecule has 0 saturated carbocycles. The van der Waals surface area contributed by atoms with Crippen LogP contribution in [0.15, 0.2) is 18.2 Å². The van der Waals surface area contributed by atoms with Crippen molar-refractivity contribution in [1.29, 1.82) is 0 Å². The van der Waals surface area contributed by atoms with Gasteiger partial charge >= 0.3 is 0 Å². The summed E-state index contributed by atoms with van der Waals surface area (Å²) in [5.74, 6) is 0.696. The number of nitro benzene ring substituents is 1. The van der Waals surface area contributed by atoms with E-state index >= 15 is 0 Å². The highest BCUT2D eigenvalue weighted by Gasteiger charge is 2.21. The second-order valence-corrected chi connectivity index (χ2v) is 6.99. The number of nitrogens with one attached hydrogen (secondary N) is 1. The minimum atomic E-state index is -0.321. The molecule has 0 aromatic heterocycles. The van der Waals surface area contributed by atoms with Gasteiger partial charge < -0.3 is 10.2 Å². The maximum absolute atomic E-state index is 10.9. The van der Waals surface area contributed by atoms with Gasteiger partial charge in [-0.25, -0.2) is 0 Å². The minimum Gasteiger partial charge on any atom is -0.369 e. The molecule has 6 heteroatoms. The van der Waals surface area contributed by atoms with Crippen LogP contribution in [0.2, 0.25) is 0 Å². The maximum Gasteiger partial charge on any atom is 0.282 e. The fourth-order valence-electron chi connectivity index (χ4n) is 2.78. The number of hydrogen-bond acceptors (Lipinski definition) is 4. The largest absolute Gasteiger partial charge is 0.369 e. The number of benzene rings is 1. The van der Waals surface area contributed by atoms with E-state index < -0.39 is 0 Å². The number of nitrogens with zero attached hydrogens (tertiary/aromatic N) is 2. The highest BCUT2D eigenvalue weighted by Crippen LogP contribution is 2.28. The molecule has 0 atom stereocenters. The number of anilines is 1. The lowest BCUT2D eigenvalue weighted by molar-refractivity contribution is -0.385. The first kappa shape index (κ1) is 16.5. The molecule has 1 aliphatic heterocycles. The zero-order valence-corrected chi connectivity index (χ0v) is 14.7. The molecule has 0 amide bonds. The van der Waals surface area contributed by atoms with Gasteiger partial charge in [0, 0.05) is 24.3 Å². The van der Waals surface area contributed by atoms with Gasteiger partial charge in [0.05, 0.1) is 8.49 Å². The summed E-state index contributed by atoms with van der Waals surface area (Å²) in [5, 5.41) is 14.3. The summed E-state index contributed by atoms with van der Waals surface area (Å²) in [4.78, 5) is 13.0. The molecule has 21 heavy (non-hydrogen) atoms. The van der Waals surface area contributed by atoms with Crippen molar-refractivity contribution < 1.29 is 4.92 Å². The van der Waals surface area contributed by atoms with E-state index in [9.17, 15) is 10.1 Å². The third-order valence-corrected chi connectivity index (χ3v) is 4.86. The number of hydrogen-bond donors (Lipinski definition) is 1. The van der Waals surface area contributed by atoms with E-state index in [0.29, 0.717) is 15.5 Å². The highest BCUT2D eigenvalue weighted by molar-refractivity contribution is 14.1. The third kappa shape index (κ3) is 4.29. The van der Waals surface area contributed by atoms with Gasteiger partial charge in [0.2, 0.25) is 0 Å². The number of nitro groups is 1. The van der Waals surface area contributed by atoms with Gasteiger partial charge in [-0.1, -0.05) is 0 Å². The van der Waals surface area contributed by atoms with Crippen molar-refractivity contribution in [2.45, 2.75) is 32.7 Å². The molecule has 2 rings (SSSR count). The van der Waals surface area contributed by atoms with Crippen LogP contribution in [0.25, 0.3) is 0 Å². The van der Waals surface area contributed by atoms with Crippen molar-refractivity contribution in [2.24, 2.45) is 5.92 Å². The monoisotopic (exact) mass is 403 g/mol. The highest BCUT2D eigenvalue weighted by atomic mass is 127. The maximum atomic E-state index is 10.9. The summed E-state index contributed by atoms with van der Waals surface area (Å²) in [7, 11) is 0. The zero-order chi connectivity index (χ0) is 15.4. The van der Waals surface area contributed by atoms with E-state index in [4.69, 9.17) is 0 Å². The Morgan fingerprint density at radius 3 is 2.62 bits per heavy atom. The summed E-state index contributed by atoms with van der Waals surface area (Å²) >= 11 is 2.05. The lowest BCUT2D eigenvalue weighted by Gasteiger charge is -2.34. The summed E-state index contributed by atoms with van der Waals surface area (Å²) in [5.41, 5.74) is 1.27. The van der Waals surface area contributed by atoms with Crippen molar-refractivity contribution in [3.8, 4) is 0 Å². The summed E-state index contributed by atoms with van der Waals surface area (Å²) in [6, 6.07) is 5.81. The van der Waals surface area contributed by atoms with Crippen molar-refractivity contribution in [3.63, 3.8) is 0 Å². The average molecular weight is 403 g/mol. The molecule has 0 bridgehead atoms. The van der Waals surface area contributed by atoms with Crippen LogP contribution in [0, 0.1) is 19.6 Å². The Balaban J connectivity index is 2.17. The molecule has 1 saturated heterocycles. The molecule has 0 unspecified atom stereocenters. The van der Waals surface area contributed by atoms with E-state index in [0.717, 1.165) is 25.3 Å². The Labute approximate surface area is 139 Å². The van der Waals surface area contributed by atoms with Gasteiger partial charge in [-0.3, -0.25) is 10.1 Å². The molecule has 1 aliphatic rings. The zero-order valence-electron chi connectivity index (χ0n) is 12.5. The summed E-state index contributed by atoms with van der Waals surface area (Å²) < 4.78 is 0.700. The van der Waals surface area contributed by atoms with Gasteiger partial charge in [0.25, 0.3) is 5.69 Å². The van der Waals surface area contributed by atoms with Crippen LogP contribution < -0.4 is 10.2 Å². The molecule has 1 aromatic carbocycles.